The number of hydrogen-bond acceptors (Lipinski definition) is 3. The van der Waals surface area contributed by atoms with E-state index in [1.54, 1.807) is 12.3 Å². The second-order valence-electron chi connectivity index (χ2n) is 5.55. The summed E-state index contributed by atoms with van der Waals surface area (Å²) >= 11 is 0. The monoisotopic (exact) mass is 323 g/mol. The lowest BCUT2D eigenvalue weighted by molar-refractivity contribution is 0.398. The van der Waals surface area contributed by atoms with E-state index in [0.29, 0.717) is 16.9 Å². The molecule has 24 heavy (non-hydrogen) atoms. The predicted octanol–water partition coefficient (Wildman–Crippen LogP) is 3.66. The standard InChI is InChI=1S/C18H11F2N3O/c19-10-5-9(6-11(20)7-10)16-13-1-2-15-12(3-4-23-15)17(13)24-18(22)14(16)8-21/h1-7,16,23H,22H2. The fourth-order valence-corrected chi connectivity index (χ4v) is 3.13. The van der Waals surface area contributed by atoms with Crippen molar-refractivity contribution in [2.45, 2.75) is 5.92 Å². The number of aromatic amines is 1. The van der Waals surface area contributed by atoms with E-state index in [0.717, 1.165) is 17.0 Å². The summed E-state index contributed by atoms with van der Waals surface area (Å²) < 4.78 is 33.0. The van der Waals surface area contributed by atoms with Crippen LogP contribution in [-0.4, -0.2) is 4.98 Å². The number of rotatable bonds is 1. The van der Waals surface area contributed by atoms with Crippen LogP contribution in [0.1, 0.15) is 17.0 Å². The lowest BCUT2D eigenvalue weighted by Crippen LogP contribution is -2.21. The van der Waals surface area contributed by atoms with Gasteiger partial charge in [-0.2, -0.15) is 5.26 Å². The number of nitriles is 1. The molecule has 6 heteroatoms. The van der Waals surface area contributed by atoms with E-state index in [1.807, 2.05) is 18.2 Å². The van der Waals surface area contributed by atoms with Crippen LogP contribution >= 0.6 is 0 Å². The van der Waals surface area contributed by atoms with Crippen molar-refractivity contribution in [2.75, 3.05) is 0 Å². The van der Waals surface area contributed by atoms with E-state index >= 15 is 0 Å². The highest BCUT2D eigenvalue weighted by molar-refractivity contribution is 5.88. The van der Waals surface area contributed by atoms with Crippen molar-refractivity contribution in [3.63, 3.8) is 0 Å². The van der Waals surface area contributed by atoms with Crippen LogP contribution in [0.2, 0.25) is 0 Å². The number of aromatic nitrogens is 1. The fraction of sp³-hybridized carbons (Fsp3) is 0.0556. The van der Waals surface area contributed by atoms with Crippen molar-refractivity contribution < 1.29 is 13.5 Å². The summed E-state index contributed by atoms with van der Waals surface area (Å²) in [4.78, 5) is 3.06. The first-order valence-corrected chi connectivity index (χ1v) is 7.22. The van der Waals surface area contributed by atoms with Crippen LogP contribution in [-0.2, 0) is 0 Å². The van der Waals surface area contributed by atoms with E-state index in [2.05, 4.69) is 4.98 Å². The van der Waals surface area contributed by atoms with Crippen molar-refractivity contribution in [2.24, 2.45) is 5.73 Å². The number of benzene rings is 2. The van der Waals surface area contributed by atoms with Gasteiger partial charge in [-0.15, -0.1) is 0 Å². The highest BCUT2D eigenvalue weighted by Crippen LogP contribution is 2.45. The largest absolute Gasteiger partial charge is 0.439 e. The van der Waals surface area contributed by atoms with Crippen molar-refractivity contribution >= 4 is 10.9 Å². The summed E-state index contributed by atoms with van der Waals surface area (Å²) in [7, 11) is 0. The number of allylic oxidation sites excluding steroid dienone is 1. The third-order valence-electron chi connectivity index (χ3n) is 4.13. The average Bonchev–Trinajstić information content (AvgIpc) is 3.01. The number of nitrogens with zero attached hydrogens (tertiary/aromatic N) is 1. The maximum atomic E-state index is 13.7. The first-order valence-electron chi connectivity index (χ1n) is 7.22. The Hall–Kier alpha value is -3.33. The zero-order chi connectivity index (χ0) is 16.8. The predicted molar refractivity (Wildman–Crippen MR) is 84.0 cm³/mol. The Morgan fingerprint density at radius 2 is 1.88 bits per heavy atom. The number of ether oxygens (including phenoxy) is 1. The van der Waals surface area contributed by atoms with Gasteiger partial charge in [-0.25, -0.2) is 8.78 Å². The van der Waals surface area contributed by atoms with Gasteiger partial charge in [0.2, 0.25) is 5.88 Å². The molecule has 0 radical (unpaired) electrons. The topological polar surface area (TPSA) is 74.8 Å². The third-order valence-corrected chi connectivity index (χ3v) is 4.13. The van der Waals surface area contributed by atoms with Gasteiger partial charge in [-0.1, -0.05) is 6.07 Å². The molecular formula is C18H11F2N3O. The van der Waals surface area contributed by atoms with Gasteiger partial charge in [0.1, 0.15) is 29.0 Å². The molecule has 0 bridgehead atoms. The second-order valence-corrected chi connectivity index (χ2v) is 5.55. The molecule has 4 nitrogen and oxygen atoms in total. The van der Waals surface area contributed by atoms with Crippen LogP contribution in [0.4, 0.5) is 8.78 Å². The molecule has 3 aromatic rings. The molecular weight excluding hydrogens is 312 g/mol. The summed E-state index contributed by atoms with van der Waals surface area (Å²) in [5.74, 6) is -1.69. The van der Waals surface area contributed by atoms with Crippen molar-refractivity contribution in [1.82, 2.24) is 4.98 Å². The van der Waals surface area contributed by atoms with Crippen molar-refractivity contribution in [3.8, 4) is 11.8 Å². The quantitative estimate of drug-likeness (QED) is 0.717. The lowest BCUT2D eigenvalue weighted by atomic mass is 9.83. The molecule has 0 fully saturated rings. The lowest BCUT2D eigenvalue weighted by Gasteiger charge is -2.27. The molecule has 0 aliphatic carbocycles. The van der Waals surface area contributed by atoms with E-state index < -0.39 is 17.6 Å². The minimum Gasteiger partial charge on any atom is -0.439 e. The van der Waals surface area contributed by atoms with Crippen molar-refractivity contribution in [1.29, 1.82) is 5.26 Å². The Bertz CT molecular complexity index is 1030. The molecule has 1 unspecified atom stereocenters. The van der Waals surface area contributed by atoms with Gasteiger partial charge in [-0.3, -0.25) is 0 Å². The molecule has 1 aliphatic rings. The van der Waals surface area contributed by atoms with Gasteiger partial charge < -0.3 is 15.5 Å². The van der Waals surface area contributed by atoms with Gasteiger partial charge in [-0.05, 0) is 29.8 Å². The number of H-pyrrole nitrogens is 1. The summed E-state index contributed by atoms with van der Waals surface area (Å²) in [5.41, 5.74) is 7.82. The Morgan fingerprint density at radius 1 is 1.12 bits per heavy atom. The Labute approximate surface area is 135 Å². The highest BCUT2D eigenvalue weighted by Gasteiger charge is 2.32. The molecule has 3 N–H and O–H groups in total. The Kier molecular flexibility index (Phi) is 3.03. The zero-order valence-corrected chi connectivity index (χ0v) is 12.3. The molecule has 1 aromatic heterocycles. The number of halogens is 2. The zero-order valence-electron chi connectivity index (χ0n) is 12.3. The minimum absolute atomic E-state index is 0.0617. The first-order chi connectivity index (χ1) is 11.6. The van der Waals surface area contributed by atoms with Crippen LogP contribution in [0.5, 0.6) is 5.75 Å². The number of fused-ring (bicyclic) bond motifs is 3. The van der Waals surface area contributed by atoms with E-state index in [-0.39, 0.29) is 11.5 Å². The molecule has 0 saturated carbocycles. The molecule has 1 atom stereocenters. The maximum absolute atomic E-state index is 13.7. The molecule has 4 rings (SSSR count). The average molecular weight is 323 g/mol. The minimum atomic E-state index is -0.711. The summed E-state index contributed by atoms with van der Waals surface area (Å²) in [6.45, 7) is 0. The normalized spacial score (nSPS) is 16.6. The van der Waals surface area contributed by atoms with Gasteiger partial charge >= 0.3 is 0 Å². The van der Waals surface area contributed by atoms with Gasteiger partial charge in [0.05, 0.1) is 5.92 Å². The number of hydrogen-bond donors (Lipinski definition) is 2. The fourth-order valence-electron chi connectivity index (χ4n) is 3.13. The highest BCUT2D eigenvalue weighted by atomic mass is 19.1. The maximum Gasteiger partial charge on any atom is 0.205 e. The van der Waals surface area contributed by atoms with Crippen LogP contribution in [0.3, 0.4) is 0 Å². The molecule has 0 amide bonds. The molecule has 0 spiro atoms. The third kappa shape index (κ3) is 2.02. The summed E-state index contributed by atoms with van der Waals surface area (Å²) in [6, 6.07) is 10.6. The van der Waals surface area contributed by atoms with E-state index in [4.69, 9.17) is 10.5 Å². The van der Waals surface area contributed by atoms with Gasteiger partial charge in [0, 0.05) is 28.7 Å². The van der Waals surface area contributed by atoms with Crippen LogP contribution < -0.4 is 10.5 Å². The molecule has 2 aromatic carbocycles. The summed E-state index contributed by atoms with van der Waals surface area (Å²) in [6.07, 6.45) is 1.75. The molecule has 2 heterocycles. The second kappa shape index (κ2) is 5.10. The van der Waals surface area contributed by atoms with Gasteiger partial charge in [0.25, 0.3) is 0 Å². The molecule has 1 aliphatic heterocycles. The smallest absolute Gasteiger partial charge is 0.205 e. The SMILES string of the molecule is N#CC1=C(N)Oc2c(ccc3[nH]ccc23)C1c1cc(F)cc(F)c1. The Morgan fingerprint density at radius 3 is 2.58 bits per heavy atom. The van der Waals surface area contributed by atoms with Gasteiger partial charge in [0.15, 0.2) is 0 Å². The van der Waals surface area contributed by atoms with Crippen molar-refractivity contribution in [3.05, 3.63) is 76.8 Å². The van der Waals surface area contributed by atoms with Crippen LogP contribution in [0.15, 0.2) is 54.1 Å². The van der Waals surface area contributed by atoms with Crippen LogP contribution in [0, 0.1) is 23.0 Å². The van der Waals surface area contributed by atoms with E-state index in [1.165, 1.54) is 12.1 Å². The van der Waals surface area contributed by atoms with E-state index in [9.17, 15) is 14.0 Å². The number of nitrogens with one attached hydrogen (secondary N) is 1. The number of nitrogens with two attached hydrogens (primary N) is 1. The molecule has 0 saturated heterocycles. The Balaban J connectivity index is 2.02. The van der Waals surface area contributed by atoms with Crippen LogP contribution in [0.25, 0.3) is 10.9 Å². The molecule has 118 valence electrons. The first kappa shape index (κ1) is 14.3. The summed E-state index contributed by atoms with van der Waals surface area (Å²) in [5, 5.41) is 10.3.